The van der Waals surface area contributed by atoms with Gasteiger partial charge in [0.1, 0.15) is 17.1 Å². The number of hydrogen-bond donors (Lipinski definition) is 1. The summed E-state index contributed by atoms with van der Waals surface area (Å²) in [5.41, 5.74) is 7.61. The van der Waals surface area contributed by atoms with Crippen molar-refractivity contribution in [2.45, 2.75) is 27.7 Å². The number of methoxy groups -OCH3 is 1. The summed E-state index contributed by atoms with van der Waals surface area (Å²) in [6, 6.07) is 20.5. The second kappa shape index (κ2) is 10.4. The Hall–Kier alpha value is -3.20. The van der Waals surface area contributed by atoms with Crippen LogP contribution in [0.15, 0.2) is 70.1 Å². The first kappa shape index (κ1) is 25.4. The van der Waals surface area contributed by atoms with Gasteiger partial charge in [0.15, 0.2) is 0 Å². The van der Waals surface area contributed by atoms with E-state index in [0.717, 1.165) is 39.1 Å². The van der Waals surface area contributed by atoms with Gasteiger partial charge in [-0.15, -0.1) is 0 Å². The zero-order chi connectivity index (χ0) is 25.0. The van der Waals surface area contributed by atoms with Gasteiger partial charge in [0.2, 0.25) is 0 Å². The van der Waals surface area contributed by atoms with Crippen molar-refractivity contribution in [2.75, 3.05) is 7.11 Å². The van der Waals surface area contributed by atoms with E-state index in [9.17, 15) is 0 Å². The molecule has 34 heavy (non-hydrogen) atoms. The summed E-state index contributed by atoms with van der Waals surface area (Å²) in [6.07, 6.45) is 0. The van der Waals surface area contributed by atoms with Crippen LogP contribution in [0, 0.1) is 37.9 Å². The largest absolute Gasteiger partial charge is 0.497 e. The third kappa shape index (κ3) is 6.66. The first-order valence-electron chi connectivity index (χ1n) is 10.4. The molecule has 8 heteroatoms. The van der Waals surface area contributed by atoms with Crippen LogP contribution in [0.25, 0.3) is 22.3 Å². The average molecular weight is 484 g/mol. The smallest absolute Gasteiger partial charge is 0.136 e. The molecule has 0 aliphatic carbocycles. The molecule has 178 valence electrons. The van der Waals surface area contributed by atoms with Crippen LogP contribution in [0.3, 0.4) is 0 Å². The van der Waals surface area contributed by atoms with Gasteiger partial charge in [-0.1, -0.05) is 29.3 Å². The molecule has 0 amide bonds. The van der Waals surface area contributed by atoms with Crippen LogP contribution in [-0.2, 0) is 0 Å². The molecule has 0 aliphatic heterocycles. The average Bonchev–Trinajstić information content (AvgIpc) is 2.75. The number of ether oxygens (including phenoxy) is 1. The highest BCUT2D eigenvalue weighted by Crippen LogP contribution is 2.27. The summed E-state index contributed by atoms with van der Waals surface area (Å²) in [5.74, 6) is 1.60. The Balaban J connectivity index is 0.000000588. The van der Waals surface area contributed by atoms with E-state index in [1.165, 1.54) is 22.3 Å². The number of fused-ring (bicyclic) bond motifs is 1. The zero-order valence-electron chi connectivity index (χ0n) is 19.6. The Kier molecular flexibility index (Phi) is 7.76. The molecule has 0 fully saturated rings. The van der Waals surface area contributed by atoms with Gasteiger partial charge >= 0.3 is 0 Å². The molecule has 1 heterocycles. The van der Waals surface area contributed by atoms with Crippen molar-refractivity contribution in [3.63, 3.8) is 0 Å². The van der Waals surface area contributed by atoms with Crippen LogP contribution in [0.2, 0.25) is 0 Å². The van der Waals surface area contributed by atoms with Crippen LogP contribution in [0.5, 0.6) is 5.75 Å². The molecule has 1 N–H and O–H groups in total. The molecule has 0 radical (unpaired) electrons. The lowest BCUT2D eigenvalue weighted by molar-refractivity contribution is -1.92. The van der Waals surface area contributed by atoms with Crippen molar-refractivity contribution in [1.29, 1.82) is 0 Å². The molecule has 0 atom stereocenters. The molecule has 0 unspecified atom stereocenters. The maximum absolute atomic E-state index is 8.60. The Bertz CT molecular complexity index is 1340. The standard InChI is InChI=1S/C26H25NO2.ClHO4/c1-16-6-11-24-22(14-16)23(27-26-18(3)12-17(2)13-19(26)4)15-25(29-24)20-7-9-21(28-5)10-8-20;2-1(3,4)5/h6-15H,1-5H3;(H,2,3,4,5). The minimum absolute atomic E-state index is 0.783. The van der Waals surface area contributed by atoms with Gasteiger partial charge in [-0.3, -0.25) is 0 Å². The number of rotatable bonds is 3. The van der Waals surface area contributed by atoms with Crippen molar-refractivity contribution in [2.24, 2.45) is 4.99 Å². The van der Waals surface area contributed by atoms with Gasteiger partial charge in [-0.25, -0.2) is 4.99 Å². The molecule has 1 aromatic heterocycles. The maximum Gasteiger partial charge on any atom is 0.136 e. The van der Waals surface area contributed by atoms with E-state index < -0.39 is 10.2 Å². The van der Waals surface area contributed by atoms with Crippen LogP contribution < -0.4 is 24.1 Å². The third-order valence-electron chi connectivity index (χ3n) is 5.14. The van der Waals surface area contributed by atoms with Crippen molar-refractivity contribution < 1.29 is 38.0 Å². The fourth-order valence-electron chi connectivity index (χ4n) is 3.74. The Morgan fingerprint density at radius 2 is 1.41 bits per heavy atom. The van der Waals surface area contributed by atoms with E-state index in [2.05, 4.69) is 52.0 Å². The number of hydrogen-bond acceptors (Lipinski definition) is 7. The second-order valence-electron chi connectivity index (χ2n) is 7.98. The predicted octanol–water partition coefficient (Wildman–Crippen LogP) is 2.45. The molecule has 0 spiro atoms. The molecular weight excluding hydrogens is 458 g/mol. The minimum atomic E-state index is -4.69. The fraction of sp³-hybridized carbons (Fsp3) is 0.192. The normalized spacial score (nSPS) is 11.9. The monoisotopic (exact) mass is 483 g/mol. The highest BCUT2D eigenvalue weighted by atomic mass is 35.7. The predicted molar refractivity (Wildman–Crippen MR) is 121 cm³/mol. The zero-order valence-corrected chi connectivity index (χ0v) is 20.3. The first-order valence-corrected chi connectivity index (χ1v) is 11.7. The highest BCUT2D eigenvalue weighted by molar-refractivity contribution is 5.79. The highest BCUT2D eigenvalue weighted by Gasteiger charge is 2.09. The van der Waals surface area contributed by atoms with Crippen molar-refractivity contribution in [3.05, 3.63) is 88.3 Å². The van der Waals surface area contributed by atoms with Crippen LogP contribution in [-0.4, -0.2) is 11.8 Å². The van der Waals surface area contributed by atoms with Crippen molar-refractivity contribution in [1.82, 2.24) is 0 Å². The molecule has 0 aliphatic rings. The van der Waals surface area contributed by atoms with Crippen LogP contribution >= 0.6 is 0 Å². The topological polar surface area (TPSA) is 124 Å². The van der Waals surface area contributed by atoms with E-state index in [-0.39, 0.29) is 0 Å². The van der Waals surface area contributed by atoms with E-state index in [1.54, 1.807) is 7.11 Å². The Labute approximate surface area is 200 Å². The number of halogens is 1. The quantitative estimate of drug-likeness (QED) is 0.477. The molecule has 7 nitrogen and oxygen atoms in total. The van der Waals surface area contributed by atoms with E-state index >= 15 is 0 Å². The molecule has 3 aromatic carbocycles. The summed E-state index contributed by atoms with van der Waals surface area (Å²) >= 11 is 0. The summed E-state index contributed by atoms with van der Waals surface area (Å²) in [7, 11) is -3.03. The first-order chi connectivity index (χ1) is 15.9. The lowest BCUT2D eigenvalue weighted by Crippen LogP contribution is -2.58. The second-order valence-corrected chi connectivity index (χ2v) is 8.77. The molecule has 0 saturated carbocycles. The van der Waals surface area contributed by atoms with Gasteiger partial charge in [-0.05, 0) is 75.2 Å². The molecule has 0 saturated heterocycles. The molecule has 0 bridgehead atoms. The van der Waals surface area contributed by atoms with Gasteiger partial charge in [0.05, 0.1) is 33.1 Å². The summed E-state index contributed by atoms with van der Waals surface area (Å²) < 4.78 is 44.2. The lowest BCUT2D eigenvalue weighted by Gasteiger charge is -2.09. The molecule has 4 aromatic rings. The van der Waals surface area contributed by atoms with E-state index in [1.807, 2.05) is 36.4 Å². The fourth-order valence-corrected chi connectivity index (χ4v) is 3.74. The van der Waals surface area contributed by atoms with Gasteiger partial charge in [0.25, 0.3) is 0 Å². The van der Waals surface area contributed by atoms with Crippen molar-refractivity contribution in [3.8, 4) is 17.1 Å². The Morgan fingerprint density at radius 3 is 1.97 bits per heavy atom. The maximum atomic E-state index is 8.60. The van der Waals surface area contributed by atoms with Gasteiger partial charge < -0.3 is 9.15 Å². The molecule has 4 rings (SSSR count). The van der Waals surface area contributed by atoms with Crippen LogP contribution in [0.4, 0.5) is 5.69 Å². The van der Waals surface area contributed by atoms with Crippen molar-refractivity contribution >= 4 is 16.7 Å². The van der Waals surface area contributed by atoms with Crippen LogP contribution in [0.1, 0.15) is 22.3 Å². The van der Waals surface area contributed by atoms with Gasteiger partial charge in [-0.2, -0.15) is 14.0 Å². The number of aryl methyl sites for hydroxylation is 4. The lowest BCUT2D eigenvalue weighted by atomic mass is 10.0. The molecular formula is C26H26ClNO6. The summed E-state index contributed by atoms with van der Waals surface area (Å²) in [5, 5.41) is 1.93. The SMILES string of the molecule is COc1ccc(-c2cc(=Nc3c(C)cc(C)cc3C)c3cc(C)ccc3o2)cc1.[O-][Cl+3]([O-])([O-])O. The number of benzene rings is 3. The van der Waals surface area contributed by atoms with E-state index in [4.69, 9.17) is 32.8 Å². The minimum Gasteiger partial charge on any atom is -0.497 e. The summed E-state index contributed by atoms with van der Waals surface area (Å²) in [4.78, 5) is 5.09. The summed E-state index contributed by atoms with van der Waals surface area (Å²) in [6.45, 7) is 8.43. The van der Waals surface area contributed by atoms with E-state index in [0.29, 0.717) is 0 Å². The third-order valence-corrected chi connectivity index (χ3v) is 5.14. The van der Waals surface area contributed by atoms with Gasteiger partial charge in [0, 0.05) is 17.0 Å². The Morgan fingerprint density at radius 1 is 0.824 bits per heavy atom. The number of nitrogens with zero attached hydrogens (tertiary/aromatic N) is 1.